The Labute approximate surface area is 74.9 Å². The van der Waals surface area contributed by atoms with Gasteiger partial charge in [-0.15, -0.1) is 0 Å². The smallest absolute Gasteiger partial charge is 0.0708 e. The van der Waals surface area contributed by atoms with Gasteiger partial charge in [-0.05, 0) is 20.3 Å². The molecule has 0 aromatic rings. The van der Waals surface area contributed by atoms with E-state index in [1.807, 2.05) is 0 Å². The van der Waals surface area contributed by atoms with Crippen LogP contribution < -0.4 is 0 Å². The molecule has 2 saturated heterocycles. The molecule has 2 rings (SSSR count). The molecule has 2 nitrogen and oxygen atoms in total. The lowest BCUT2D eigenvalue weighted by Crippen LogP contribution is -2.47. The lowest BCUT2D eigenvalue weighted by atomic mass is 9.84. The number of rotatable bonds is 1. The second kappa shape index (κ2) is 2.71. The minimum atomic E-state index is 0.452. The van der Waals surface area contributed by atoms with Crippen LogP contribution in [0.15, 0.2) is 0 Å². The first kappa shape index (κ1) is 8.52. The third-order valence-corrected chi connectivity index (χ3v) is 3.14. The fourth-order valence-electron chi connectivity index (χ4n) is 2.42. The van der Waals surface area contributed by atoms with E-state index >= 15 is 0 Å². The molecule has 2 heterocycles. The van der Waals surface area contributed by atoms with Gasteiger partial charge in [0.2, 0.25) is 0 Å². The van der Waals surface area contributed by atoms with Crippen LogP contribution in [0.3, 0.4) is 0 Å². The van der Waals surface area contributed by atoms with E-state index in [-0.39, 0.29) is 0 Å². The molecule has 0 aromatic heterocycles. The molecular formula is C10H19NO. The molecule has 0 radical (unpaired) electrons. The average Bonchev–Trinajstić information content (AvgIpc) is 2.25. The molecule has 0 unspecified atom stereocenters. The molecule has 2 heteroatoms. The van der Waals surface area contributed by atoms with E-state index in [1.165, 1.54) is 13.0 Å². The third-order valence-electron chi connectivity index (χ3n) is 3.14. The predicted octanol–water partition coefficient (Wildman–Crippen LogP) is 1.51. The van der Waals surface area contributed by atoms with Gasteiger partial charge in [-0.1, -0.05) is 6.92 Å². The normalized spacial score (nSPS) is 42.5. The molecule has 0 spiro atoms. The number of ether oxygens (including phenoxy) is 1. The number of hydrogen-bond donors (Lipinski definition) is 0. The predicted molar refractivity (Wildman–Crippen MR) is 49.2 cm³/mol. The second-order valence-electron chi connectivity index (χ2n) is 4.97. The molecule has 12 heavy (non-hydrogen) atoms. The van der Waals surface area contributed by atoms with E-state index < -0.39 is 0 Å². The van der Waals surface area contributed by atoms with E-state index in [2.05, 4.69) is 25.7 Å². The molecule has 0 aliphatic carbocycles. The third kappa shape index (κ3) is 1.38. The zero-order valence-electron chi connectivity index (χ0n) is 8.34. The van der Waals surface area contributed by atoms with Crippen LogP contribution in [-0.4, -0.2) is 36.7 Å². The average molecular weight is 169 g/mol. The highest BCUT2D eigenvalue weighted by molar-refractivity contribution is 4.94. The van der Waals surface area contributed by atoms with Crippen LogP contribution in [0, 0.1) is 5.41 Å². The molecule has 2 bridgehead atoms. The molecule has 2 atom stereocenters. The summed E-state index contributed by atoms with van der Waals surface area (Å²) in [5.41, 5.74) is 0.452. The zero-order valence-corrected chi connectivity index (χ0v) is 8.34. The first-order chi connectivity index (χ1) is 5.59. The summed E-state index contributed by atoms with van der Waals surface area (Å²) >= 11 is 0. The molecule has 0 aromatic carbocycles. The summed E-state index contributed by atoms with van der Waals surface area (Å²) < 4.78 is 5.72. The summed E-state index contributed by atoms with van der Waals surface area (Å²) in [4.78, 5) is 2.54. The second-order valence-corrected chi connectivity index (χ2v) is 4.97. The van der Waals surface area contributed by atoms with Crippen molar-refractivity contribution in [3.8, 4) is 0 Å². The molecule has 2 aliphatic heterocycles. The van der Waals surface area contributed by atoms with Crippen LogP contribution >= 0.6 is 0 Å². The number of hydrogen-bond acceptors (Lipinski definition) is 2. The van der Waals surface area contributed by atoms with Crippen molar-refractivity contribution in [2.75, 3.05) is 19.7 Å². The highest BCUT2D eigenvalue weighted by Crippen LogP contribution is 2.38. The van der Waals surface area contributed by atoms with Crippen LogP contribution in [0.4, 0.5) is 0 Å². The summed E-state index contributed by atoms with van der Waals surface area (Å²) in [5.74, 6) is 0. The van der Waals surface area contributed by atoms with E-state index in [4.69, 9.17) is 4.74 Å². The van der Waals surface area contributed by atoms with Crippen molar-refractivity contribution >= 4 is 0 Å². The topological polar surface area (TPSA) is 12.5 Å². The van der Waals surface area contributed by atoms with Gasteiger partial charge in [0.05, 0.1) is 12.7 Å². The maximum absolute atomic E-state index is 5.72. The zero-order chi connectivity index (χ0) is 8.77. The molecular weight excluding hydrogens is 150 g/mol. The van der Waals surface area contributed by atoms with Crippen LogP contribution in [0.2, 0.25) is 0 Å². The first-order valence-corrected chi connectivity index (χ1v) is 4.95. The fourth-order valence-corrected chi connectivity index (χ4v) is 2.42. The summed E-state index contributed by atoms with van der Waals surface area (Å²) in [5, 5.41) is 0. The van der Waals surface area contributed by atoms with Crippen molar-refractivity contribution in [2.24, 2.45) is 5.41 Å². The lowest BCUT2D eigenvalue weighted by Gasteiger charge is -2.38. The van der Waals surface area contributed by atoms with Crippen molar-refractivity contribution in [2.45, 2.75) is 39.3 Å². The Kier molecular flexibility index (Phi) is 1.92. The van der Waals surface area contributed by atoms with Gasteiger partial charge < -0.3 is 4.74 Å². The van der Waals surface area contributed by atoms with Gasteiger partial charge in [-0.3, -0.25) is 4.90 Å². The number of likely N-dealkylation sites (tertiary alicyclic amines) is 1. The Balaban J connectivity index is 2.06. The highest BCUT2D eigenvalue weighted by atomic mass is 16.5. The summed E-state index contributed by atoms with van der Waals surface area (Å²) in [7, 11) is 0. The minimum absolute atomic E-state index is 0.452. The van der Waals surface area contributed by atoms with E-state index in [1.54, 1.807) is 0 Å². The van der Waals surface area contributed by atoms with E-state index in [0.717, 1.165) is 13.2 Å². The van der Waals surface area contributed by atoms with Gasteiger partial charge in [0.25, 0.3) is 0 Å². The Morgan fingerprint density at radius 3 is 2.83 bits per heavy atom. The molecule has 70 valence electrons. The Hall–Kier alpha value is -0.0800. The molecule has 0 N–H and O–H groups in total. The summed E-state index contributed by atoms with van der Waals surface area (Å²) in [6.07, 6.45) is 1.79. The molecule has 2 aliphatic rings. The van der Waals surface area contributed by atoms with Gasteiger partial charge in [0.15, 0.2) is 0 Å². The fraction of sp³-hybridized carbons (Fsp3) is 1.00. The monoisotopic (exact) mass is 169 g/mol. The van der Waals surface area contributed by atoms with Crippen LogP contribution in [0.25, 0.3) is 0 Å². The summed E-state index contributed by atoms with van der Waals surface area (Å²) in [6, 6.07) is 0.675. The first-order valence-electron chi connectivity index (χ1n) is 4.95. The molecule has 2 fully saturated rings. The number of nitrogens with zero attached hydrogens (tertiary/aromatic N) is 1. The molecule has 0 amide bonds. The van der Waals surface area contributed by atoms with Crippen molar-refractivity contribution in [1.82, 2.24) is 4.90 Å². The number of piperidine rings is 1. The Bertz CT molecular complexity index is 181. The number of fused-ring (bicyclic) bond motifs is 2. The van der Waals surface area contributed by atoms with Crippen molar-refractivity contribution in [3.63, 3.8) is 0 Å². The quantitative estimate of drug-likeness (QED) is 0.590. The molecule has 0 saturated carbocycles. The Morgan fingerprint density at radius 2 is 2.25 bits per heavy atom. The Morgan fingerprint density at radius 1 is 1.50 bits per heavy atom. The standard InChI is InChI=1S/C10H19NO/c1-8(2)11-5-9-4-10(3,6-11)7-12-9/h8-9H,4-7H2,1-3H3/t9-,10+/m1/s1. The van der Waals surface area contributed by atoms with Crippen molar-refractivity contribution in [3.05, 3.63) is 0 Å². The van der Waals surface area contributed by atoms with E-state index in [9.17, 15) is 0 Å². The largest absolute Gasteiger partial charge is 0.376 e. The van der Waals surface area contributed by atoms with Gasteiger partial charge in [-0.25, -0.2) is 0 Å². The van der Waals surface area contributed by atoms with Crippen LogP contribution in [0.5, 0.6) is 0 Å². The van der Waals surface area contributed by atoms with Crippen molar-refractivity contribution in [1.29, 1.82) is 0 Å². The minimum Gasteiger partial charge on any atom is -0.376 e. The SMILES string of the molecule is CC(C)N1C[C@H]2C[C@](C)(CO2)C1. The van der Waals surface area contributed by atoms with Crippen molar-refractivity contribution < 1.29 is 4.74 Å². The highest BCUT2D eigenvalue weighted by Gasteiger charge is 2.43. The van der Waals surface area contributed by atoms with Gasteiger partial charge in [0, 0.05) is 24.5 Å². The van der Waals surface area contributed by atoms with Crippen LogP contribution in [0.1, 0.15) is 27.2 Å². The maximum atomic E-state index is 5.72. The lowest BCUT2D eigenvalue weighted by molar-refractivity contribution is 0.0678. The van der Waals surface area contributed by atoms with Gasteiger partial charge in [-0.2, -0.15) is 0 Å². The van der Waals surface area contributed by atoms with E-state index in [0.29, 0.717) is 17.6 Å². The summed E-state index contributed by atoms with van der Waals surface area (Å²) in [6.45, 7) is 10.2. The van der Waals surface area contributed by atoms with Gasteiger partial charge in [0.1, 0.15) is 0 Å². The van der Waals surface area contributed by atoms with Crippen LogP contribution in [-0.2, 0) is 4.74 Å². The maximum Gasteiger partial charge on any atom is 0.0708 e. The van der Waals surface area contributed by atoms with Gasteiger partial charge >= 0.3 is 0 Å².